The van der Waals surface area contributed by atoms with Crippen LogP contribution in [-0.4, -0.2) is 12.4 Å². The van der Waals surface area contributed by atoms with Crippen LogP contribution in [0.3, 0.4) is 0 Å². The number of nitrogens with one attached hydrogen (secondary N) is 1. The van der Waals surface area contributed by atoms with Crippen molar-refractivity contribution in [3.05, 3.63) is 59.7 Å². The van der Waals surface area contributed by atoms with E-state index < -0.39 is 0 Å². The van der Waals surface area contributed by atoms with Gasteiger partial charge in [-0.1, -0.05) is 31.2 Å². The van der Waals surface area contributed by atoms with Crippen molar-refractivity contribution in [3.8, 4) is 5.75 Å². The number of rotatable bonds is 4. The summed E-state index contributed by atoms with van der Waals surface area (Å²) in [5.41, 5.74) is 3.28. The van der Waals surface area contributed by atoms with Crippen LogP contribution in [0.2, 0.25) is 0 Å². The average Bonchev–Trinajstić information content (AvgIpc) is 2.83. The highest BCUT2D eigenvalue weighted by Gasteiger charge is 2.24. The van der Waals surface area contributed by atoms with Gasteiger partial charge in [0.2, 0.25) is 0 Å². The van der Waals surface area contributed by atoms with Crippen LogP contribution in [0.15, 0.2) is 48.5 Å². The van der Waals surface area contributed by atoms with Crippen molar-refractivity contribution in [2.45, 2.75) is 19.9 Å². The second-order valence-corrected chi connectivity index (χ2v) is 4.93. The Balaban J connectivity index is 1.80. The fraction of sp³-hybridized carbons (Fsp3) is 0.235. The Hall–Kier alpha value is -2.29. The standard InChI is InChI=1S/C17H18N2O/c1-2-11-20-15-9-7-14(8-10-15)19-12-13-5-3-4-6-16(13)17(19)18/h3-10,18H,2,11-12H2,1H3. The summed E-state index contributed by atoms with van der Waals surface area (Å²) < 4.78 is 5.59. The number of amidine groups is 1. The van der Waals surface area contributed by atoms with Gasteiger partial charge < -0.3 is 9.64 Å². The van der Waals surface area contributed by atoms with Crippen LogP contribution < -0.4 is 9.64 Å². The highest BCUT2D eigenvalue weighted by Crippen LogP contribution is 2.29. The van der Waals surface area contributed by atoms with Gasteiger partial charge in [-0.05, 0) is 36.2 Å². The summed E-state index contributed by atoms with van der Waals surface area (Å²) in [4.78, 5) is 2.02. The molecule has 0 aromatic heterocycles. The first kappa shape index (κ1) is 12.7. The molecular weight excluding hydrogens is 248 g/mol. The minimum Gasteiger partial charge on any atom is -0.494 e. The molecule has 1 aliphatic heterocycles. The summed E-state index contributed by atoms with van der Waals surface area (Å²) in [7, 11) is 0. The van der Waals surface area contributed by atoms with Crippen molar-refractivity contribution < 1.29 is 4.74 Å². The fourth-order valence-electron chi connectivity index (χ4n) is 2.45. The smallest absolute Gasteiger partial charge is 0.133 e. The van der Waals surface area contributed by atoms with Crippen LogP contribution in [0.4, 0.5) is 5.69 Å². The minimum atomic E-state index is 0.572. The number of benzene rings is 2. The Bertz CT molecular complexity index is 619. The molecule has 20 heavy (non-hydrogen) atoms. The van der Waals surface area contributed by atoms with Gasteiger partial charge in [0.05, 0.1) is 13.2 Å². The lowest BCUT2D eigenvalue weighted by Crippen LogP contribution is -2.22. The normalized spacial score (nSPS) is 13.4. The van der Waals surface area contributed by atoms with Gasteiger partial charge >= 0.3 is 0 Å². The van der Waals surface area contributed by atoms with Crippen molar-refractivity contribution in [3.63, 3.8) is 0 Å². The van der Waals surface area contributed by atoms with E-state index >= 15 is 0 Å². The summed E-state index contributed by atoms with van der Waals surface area (Å²) in [6.07, 6.45) is 1.01. The number of nitrogens with zero attached hydrogens (tertiary/aromatic N) is 1. The summed E-state index contributed by atoms with van der Waals surface area (Å²) in [5, 5.41) is 8.28. The number of fused-ring (bicyclic) bond motifs is 1. The molecule has 1 aliphatic rings. The predicted octanol–water partition coefficient (Wildman–Crippen LogP) is 3.82. The summed E-state index contributed by atoms with van der Waals surface area (Å²) in [6.45, 7) is 3.60. The molecule has 2 aromatic carbocycles. The number of hydrogen-bond acceptors (Lipinski definition) is 2. The van der Waals surface area contributed by atoms with Crippen LogP contribution in [0.1, 0.15) is 24.5 Å². The number of ether oxygens (including phenoxy) is 1. The molecule has 0 bridgehead atoms. The molecule has 102 valence electrons. The lowest BCUT2D eigenvalue weighted by molar-refractivity contribution is 0.317. The molecule has 0 saturated heterocycles. The van der Waals surface area contributed by atoms with Crippen LogP contribution in [0.25, 0.3) is 0 Å². The number of anilines is 1. The van der Waals surface area contributed by atoms with E-state index in [0.717, 1.165) is 36.6 Å². The quantitative estimate of drug-likeness (QED) is 0.913. The molecule has 2 aromatic rings. The zero-order valence-corrected chi connectivity index (χ0v) is 11.6. The van der Waals surface area contributed by atoms with Crippen LogP contribution in [0, 0.1) is 5.41 Å². The Morgan fingerprint density at radius 1 is 1.10 bits per heavy atom. The molecule has 0 atom stereocenters. The molecule has 1 N–H and O–H groups in total. The zero-order chi connectivity index (χ0) is 13.9. The van der Waals surface area contributed by atoms with Gasteiger partial charge in [0, 0.05) is 11.3 Å². The Kier molecular flexibility index (Phi) is 3.42. The molecule has 3 heteroatoms. The predicted molar refractivity (Wildman–Crippen MR) is 81.7 cm³/mol. The maximum Gasteiger partial charge on any atom is 0.133 e. The van der Waals surface area contributed by atoms with Gasteiger partial charge in [0.1, 0.15) is 11.6 Å². The zero-order valence-electron chi connectivity index (χ0n) is 11.6. The molecule has 0 radical (unpaired) electrons. The van der Waals surface area contributed by atoms with Gasteiger partial charge in [-0.15, -0.1) is 0 Å². The molecule has 0 aliphatic carbocycles. The molecule has 0 saturated carbocycles. The highest BCUT2D eigenvalue weighted by molar-refractivity contribution is 6.11. The third kappa shape index (κ3) is 2.27. The van der Waals surface area contributed by atoms with E-state index in [1.165, 1.54) is 5.56 Å². The minimum absolute atomic E-state index is 0.572. The third-order valence-electron chi connectivity index (χ3n) is 3.49. The monoisotopic (exact) mass is 266 g/mol. The first-order valence-corrected chi connectivity index (χ1v) is 6.97. The summed E-state index contributed by atoms with van der Waals surface area (Å²) in [5.74, 6) is 1.46. The van der Waals surface area contributed by atoms with E-state index in [2.05, 4.69) is 13.0 Å². The Labute approximate surface area is 119 Å². The molecule has 0 spiro atoms. The number of hydrogen-bond donors (Lipinski definition) is 1. The largest absolute Gasteiger partial charge is 0.494 e. The first-order chi connectivity index (χ1) is 9.79. The lowest BCUT2D eigenvalue weighted by atomic mass is 10.1. The van der Waals surface area contributed by atoms with E-state index in [1.807, 2.05) is 47.4 Å². The van der Waals surface area contributed by atoms with Crippen molar-refractivity contribution in [2.75, 3.05) is 11.5 Å². The fourth-order valence-corrected chi connectivity index (χ4v) is 2.45. The first-order valence-electron chi connectivity index (χ1n) is 6.97. The molecule has 3 nitrogen and oxygen atoms in total. The highest BCUT2D eigenvalue weighted by atomic mass is 16.5. The average molecular weight is 266 g/mol. The summed E-state index contributed by atoms with van der Waals surface area (Å²) in [6, 6.07) is 16.1. The maximum atomic E-state index is 8.28. The van der Waals surface area contributed by atoms with Crippen LogP contribution in [0.5, 0.6) is 5.75 Å². The van der Waals surface area contributed by atoms with Gasteiger partial charge in [0.15, 0.2) is 0 Å². The van der Waals surface area contributed by atoms with Crippen LogP contribution in [-0.2, 0) is 6.54 Å². The topological polar surface area (TPSA) is 36.3 Å². The van der Waals surface area contributed by atoms with Gasteiger partial charge in [-0.25, -0.2) is 0 Å². The third-order valence-corrected chi connectivity index (χ3v) is 3.49. The second kappa shape index (κ2) is 5.37. The molecular formula is C17H18N2O. The Morgan fingerprint density at radius 3 is 2.55 bits per heavy atom. The molecule has 0 fully saturated rings. The van der Waals surface area contributed by atoms with Crippen molar-refractivity contribution in [1.29, 1.82) is 5.41 Å². The molecule has 3 rings (SSSR count). The van der Waals surface area contributed by atoms with Gasteiger partial charge in [0.25, 0.3) is 0 Å². The van der Waals surface area contributed by atoms with E-state index in [0.29, 0.717) is 5.84 Å². The van der Waals surface area contributed by atoms with Crippen LogP contribution >= 0.6 is 0 Å². The van der Waals surface area contributed by atoms with E-state index in [4.69, 9.17) is 10.1 Å². The lowest BCUT2D eigenvalue weighted by Gasteiger charge is -2.18. The summed E-state index contributed by atoms with van der Waals surface area (Å²) >= 11 is 0. The van der Waals surface area contributed by atoms with Crippen molar-refractivity contribution in [2.24, 2.45) is 0 Å². The molecule has 0 amide bonds. The molecule has 1 heterocycles. The second-order valence-electron chi connectivity index (χ2n) is 4.93. The van der Waals surface area contributed by atoms with Crippen molar-refractivity contribution in [1.82, 2.24) is 0 Å². The van der Waals surface area contributed by atoms with Crippen molar-refractivity contribution >= 4 is 11.5 Å². The van der Waals surface area contributed by atoms with Gasteiger partial charge in [-0.3, -0.25) is 5.41 Å². The SMILES string of the molecule is CCCOc1ccc(N2Cc3ccccc3C2=N)cc1. The van der Waals surface area contributed by atoms with E-state index in [1.54, 1.807) is 0 Å². The van der Waals surface area contributed by atoms with E-state index in [9.17, 15) is 0 Å². The van der Waals surface area contributed by atoms with E-state index in [-0.39, 0.29) is 0 Å². The Morgan fingerprint density at radius 2 is 1.85 bits per heavy atom. The maximum absolute atomic E-state index is 8.28. The van der Waals surface area contributed by atoms with Gasteiger partial charge in [-0.2, -0.15) is 0 Å². The molecule has 0 unspecified atom stereocenters.